The highest BCUT2D eigenvalue weighted by atomic mass is 32.2. The highest BCUT2D eigenvalue weighted by molar-refractivity contribution is 7.99. The van der Waals surface area contributed by atoms with Crippen molar-refractivity contribution in [1.82, 2.24) is 20.0 Å². The van der Waals surface area contributed by atoms with E-state index in [1.165, 1.54) is 16.8 Å². The van der Waals surface area contributed by atoms with Gasteiger partial charge < -0.3 is 15.0 Å². The second-order valence-electron chi connectivity index (χ2n) is 9.57. The summed E-state index contributed by atoms with van der Waals surface area (Å²) < 4.78 is 7.79. The summed E-state index contributed by atoms with van der Waals surface area (Å²) >= 11 is 1.93. The van der Waals surface area contributed by atoms with Crippen LogP contribution in [-0.2, 0) is 29.5 Å². The molecule has 2 fully saturated rings. The molecule has 5 rings (SSSR count). The maximum absolute atomic E-state index is 13.4. The molecule has 1 aliphatic carbocycles. The summed E-state index contributed by atoms with van der Waals surface area (Å²) in [5.41, 5.74) is 4.69. The van der Waals surface area contributed by atoms with Crippen LogP contribution < -0.4 is 5.32 Å². The molecule has 1 aromatic heterocycles. The average Bonchev–Trinajstić information content (AvgIpc) is 3.26. The van der Waals surface area contributed by atoms with Gasteiger partial charge in [0.1, 0.15) is 0 Å². The molecule has 0 radical (unpaired) electrons. The summed E-state index contributed by atoms with van der Waals surface area (Å²) in [6.07, 6.45) is 5.06. The number of rotatable bonds is 6. The third-order valence-corrected chi connectivity index (χ3v) is 8.65. The van der Waals surface area contributed by atoms with E-state index in [1.807, 2.05) is 16.7 Å². The van der Waals surface area contributed by atoms with Gasteiger partial charge in [0.05, 0.1) is 0 Å². The van der Waals surface area contributed by atoms with E-state index >= 15 is 0 Å². The van der Waals surface area contributed by atoms with Crippen molar-refractivity contribution in [2.75, 3.05) is 44.4 Å². The first-order valence-corrected chi connectivity index (χ1v) is 13.7. The molecule has 0 bridgehead atoms. The Morgan fingerprint density at radius 1 is 1.21 bits per heavy atom. The smallest absolute Gasteiger partial charge is 0.274 e. The van der Waals surface area contributed by atoms with Gasteiger partial charge in [-0.05, 0) is 44.6 Å². The summed E-state index contributed by atoms with van der Waals surface area (Å²) in [7, 11) is 0. The summed E-state index contributed by atoms with van der Waals surface area (Å²) in [5.74, 6) is 2.18. The van der Waals surface area contributed by atoms with Crippen LogP contribution in [0.3, 0.4) is 0 Å². The number of nitrogens with zero attached hydrogens (tertiary/aromatic N) is 3. The van der Waals surface area contributed by atoms with Crippen molar-refractivity contribution in [3.63, 3.8) is 0 Å². The third kappa shape index (κ3) is 4.73. The number of nitrogens with one attached hydrogen (secondary N) is 1. The van der Waals surface area contributed by atoms with Crippen LogP contribution in [0.4, 0.5) is 0 Å². The Hall–Kier alpha value is -1.83. The summed E-state index contributed by atoms with van der Waals surface area (Å²) in [4.78, 5) is 15.4. The van der Waals surface area contributed by atoms with Crippen molar-refractivity contribution >= 4 is 17.7 Å². The van der Waals surface area contributed by atoms with Crippen molar-refractivity contribution in [2.24, 2.45) is 0 Å². The quantitative estimate of drug-likeness (QED) is 0.705. The van der Waals surface area contributed by atoms with Gasteiger partial charge in [0.15, 0.2) is 5.69 Å². The topological polar surface area (TPSA) is 59.4 Å². The van der Waals surface area contributed by atoms with Crippen LogP contribution in [0.25, 0.3) is 0 Å². The minimum atomic E-state index is 0.123. The van der Waals surface area contributed by atoms with Crippen molar-refractivity contribution < 1.29 is 9.53 Å². The molecule has 6 nitrogen and oxygen atoms in total. The Bertz CT molecular complexity index is 949. The van der Waals surface area contributed by atoms with Crippen molar-refractivity contribution in [1.29, 1.82) is 0 Å². The van der Waals surface area contributed by atoms with Crippen molar-refractivity contribution in [3.05, 3.63) is 52.8 Å². The molecule has 1 N–H and O–H groups in total. The van der Waals surface area contributed by atoms with Crippen molar-refractivity contribution in [2.45, 2.75) is 57.0 Å². The fourth-order valence-corrected chi connectivity index (χ4v) is 6.58. The lowest BCUT2D eigenvalue weighted by molar-refractivity contribution is 0.0486. The number of hydrogen-bond donors (Lipinski definition) is 1. The molecule has 3 aliphatic rings. The van der Waals surface area contributed by atoms with Gasteiger partial charge in [-0.1, -0.05) is 30.3 Å². The van der Waals surface area contributed by atoms with E-state index < -0.39 is 0 Å². The number of aryl methyl sites for hydroxylation is 1. The van der Waals surface area contributed by atoms with Gasteiger partial charge in [0.25, 0.3) is 5.91 Å². The van der Waals surface area contributed by atoms with E-state index in [2.05, 4.69) is 47.3 Å². The first kappa shape index (κ1) is 22.9. The number of thioether (sulfide) groups is 1. The predicted octanol–water partition coefficient (Wildman–Crippen LogP) is 3.29. The molecule has 33 heavy (non-hydrogen) atoms. The highest BCUT2D eigenvalue weighted by Crippen LogP contribution is 2.35. The zero-order valence-corrected chi connectivity index (χ0v) is 20.5. The number of ether oxygens (including phenoxy) is 1. The van der Waals surface area contributed by atoms with Crippen LogP contribution in [0.5, 0.6) is 0 Å². The van der Waals surface area contributed by atoms with Gasteiger partial charge in [-0.2, -0.15) is 16.9 Å². The molecule has 7 heteroatoms. The van der Waals surface area contributed by atoms with Gasteiger partial charge in [0.2, 0.25) is 0 Å². The molecule has 2 aliphatic heterocycles. The molecule has 1 atom stereocenters. The number of carbonyl (C=O) groups excluding carboxylic acids is 1. The Labute approximate surface area is 201 Å². The molecule has 2 aromatic rings. The molecule has 178 valence electrons. The van der Waals surface area contributed by atoms with Crippen LogP contribution in [0.15, 0.2) is 30.3 Å². The highest BCUT2D eigenvalue weighted by Gasteiger charge is 2.36. The molecule has 1 amide bonds. The minimum Gasteiger partial charge on any atom is -0.381 e. The first-order chi connectivity index (χ1) is 16.2. The van der Waals surface area contributed by atoms with Gasteiger partial charge in [-0.3, -0.25) is 9.48 Å². The van der Waals surface area contributed by atoms with E-state index in [1.54, 1.807) is 0 Å². The lowest BCUT2D eigenvalue weighted by atomic mass is 9.73. The summed E-state index contributed by atoms with van der Waals surface area (Å²) in [6, 6.07) is 11.3. The molecule has 0 saturated carbocycles. The van der Waals surface area contributed by atoms with E-state index in [0.717, 1.165) is 83.0 Å². The number of aromatic nitrogens is 2. The number of hydrogen-bond acceptors (Lipinski definition) is 5. The zero-order chi connectivity index (χ0) is 22.7. The Balaban J connectivity index is 1.33. The van der Waals surface area contributed by atoms with Crippen LogP contribution in [0.2, 0.25) is 0 Å². The molecule has 2 saturated heterocycles. The second kappa shape index (κ2) is 10.2. The van der Waals surface area contributed by atoms with Gasteiger partial charge >= 0.3 is 0 Å². The van der Waals surface area contributed by atoms with Gasteiger partial charge in [0, 0.05) is 73.6 Å². The average molecular weight is 469 g/mol. The number of carbonyl (C=O) groups is 1. The molecule has 1 aromatic carbocycles. The van der Waals surface area contributed by atoms with Crippen LogP contribution in [0.1, 0.15) is 53.5 Å². The molecular weight excluding hydrogens is 432 g/mol. The SMILES string of the molecule is CCn1nc(C(=O)N2CCSCC2)c2c1CCC(NCC1(c3ccccc3)CCOCC1)C2. The monoisotopic (exact) mass is 468 g/mol. The third-order valence-electron chi connectivity index (χ3n) is 7.71. The fraction of sp³-hybridized carbons (Fsp3) is 0.615. The number of amides is 1. The predicted molar refractivity (Wildman–Crippen MR) is 133 cm³/mol. The Kier molecular flexibility index (Phi) is 7.09. The van der Waals surface area contributed by atoms with Crippen molar-refractivity contribution in [3.8, 4) is 0 Å². The van der Waals surface area contributed by atoms with E-state index in [-0.39, 0.29) is 11.3 Å². The van der Waals surface area contributed by atoms with Crippen LogP contribution >= 0.6 is 11.8 Å². The largest absolute Gasteiger partial charge is 0.381 e. The molecule has 3 heterocycles. The summed E-state index contributed by atoms with van der Waals surface area (Å²) in [6.45, 7) is 7.21. The van der Waals surface area contributed by atoms with E-state index in [4.69, 9.17) is 9.84 Å². The Morgan fingerprint density at radius 2 is 1.97 bits per heavy atom. The molecular formula is C26H36N4O2S. The second-order valence-corrected chi connectivity index (χ2v) is 10.8. The summed E-state index contributed by atoms with van der Waals surface area (Å²) in [5, 5.41) is 8.73. The Morgan fingerprint density at radius 3 is 2.70 bits per heavy atom. The number of fused-ring (bicyclic) bond motifs is 1. The maximum Gasteiger partial charge on any atom is 0.274 e. The zero-order valence-electron chi connectivity index (χ0n) is 19.7. The van der Waals surface area contributed by atoms with Gasteiger partial charge in [-0.25, -0.2) is 0 Å². The minimum absolute atomic E-state index is 0.123. The number of benzene rings is 1. The fourth-order valence-electron chi connectivity index (χ4n) is 5.67. The lowest BCUT2D eigenvalue weighted by Gasteiger charge is -2.39. The first-order valence-electron chi connectivity index (χ1n) is 12.5. The van der Waals surface area contributed by atoms with E-state index in [9.17, 15) is 4.79 Å². The standard InChI is InChI=1S/C26H36N4O2S/c1-2-30-23-9-8-21(18-22(23)24(28-30)25(31)29-12-16-33-17-13-29)27-19-26(10-14-32-15-11-26)20-6-4-3-5-7-20/h3-7,21,27H,2,8-19H2,1H3. The van der Waals surface area contributed by atoms with Gasteiger partial charge in [-0.15, -0.1) is 0 Å². The van der Waals surface area contributed by atoms with Crippen LogP contribution in [0, 0.1) is 0 Å². The molecule has 1 unspecified atom stereocenters. The lowest BCUT2D eigenvalue weighted by Crippen LogP contribution is -2.47. The maximum atomic E-state index is 13.4. The normalized spacial score (nSPS) is 22.7. The van der Waals surface area contributed by atoms with Crippen LogP contribution in [-0.4, -0.2) is 71.0 Å². The molecule has 0 spiro atoms. The van der Waals surface area contributed by atoms with E-state index in [0.29, 0.717) is 11.7 Å².